The van der Waals surface area contributed by atoms with Crippen molar-refractivity contribution in [2.24, 2.45) is 0 Å². The SMILES string of the molecule is CC(C)(C#N)c1ccc(NCC#Cc2cc3c(CN4CCC(O)CC4)cccc3n2CC(F)(F)F)cn1. The van der Waals surface area contributed by atoms with E-state index in [1.54, 1.807) is 50.4 Å². The van der Waals surface area contributed by atoms with Gasteiger partial charge in [-0.3, -0.25) is 9.88 Å². The zero-order chi connectivity index (χ0) is 26.6. The average Bonchev–Trinajstić information content (AvgIpc) is 3.20. The number of rotatable bonds is 6. The molecule has 1 aliphatic rings. The number of benzene rings is 1. The summed E-state index contributed by atoms with van der Waals surface area (Å²) in [7, 11) is 0. The molecule has 0 radical (unpaired) electrons. The molecule has 0 spiro atoms. The number of anilines is 1. The molecule has 0 amide bonds. The van der Waals surface area contributed by atoms with Crippen LogP contribution in [0.2, 0.25) is 0 Å². The molecule has 6 nitrogen and oxygen atoms in total. The number of alkyl halides is 3. The van der Waals surface area contributed by atoms with Crippen LogP contribution in [0.3, 0.4) is 0 Å². The summed E-state index contributed by atoms with van der Waals surface area (Å²) in [4.78, 5) is 6.54. The Morgan fingerprint density at radius 1 is 1.16 bits per heavy atom. The number of hydrogen-bond donors (Lipinski definition) is 2. The van der Waals surface area contributed by atoms with E-state index >= 15 is 0 Å². The fraction of sp³-hybridized carbons (Fsp3) is 0.429. The van der Waals surface area contributed by atoms with Crippen LogP contribution in [0.25, 0.3) is 10.9 Å². The monoisotopic (exact) mass is 509 g/mol. The summed E-state index contributed by atoms with van der Waals surface area (Å²) in [6, 6.07) is 12.9. The van der Waals surface area contributed by atoms with Crippen molar-refractivity contribution in [1.29, 1.82) is 5.26 Å². The number of aromatic nitrogens is 2. The molecule has 1 aromatic carbocycles. The van der Waals surface area contributed by atoms with Gasteiger partial charge in [0.25, 0.3) is 0 Å². The Labute approximate surface area is 214 Å². The number of aliphatic hydroxyl groups excluding tert-OH is 1. The number of halogens is 3. The summed E-state index contributed by atoms with van der Waals surface area (Å²) in [6.07, 6.45) is -1.66. The highest BCUT2D eigenvalue weighted by molar-refractivity contribution is 5.86. The van der Waals surface area contributed by atoms with Crippen LogP contribution < -0.4 is 5.32 Å². The Morgan fingerprint density at radius 3 is 2.57 bits per heavy atom. The highest BCUT2D eigenvalue weighted by Crippen LogP contribution is 2.29. The smallest absolute Gasteiger partial charge is 0.393 e. The molecule has 2 N–H and O–H groups in total. The molecule has 0 aliphatic carbocycles. The summed E-state index contributed by atoms with van der Waals surface area (Å²) in [5.41, 5.74) is 2.42. The first-order valence-corrected chi connectivity index (χ1v) is 12.2. The van der Waals surface area contributed by atoms with Gasteiger partial charge in [0, 0.05) is 30.5 Å². The maximum absolute atomic E-state index is 13.4. The van der Waals surface area contributed by atoms with Crippen molar-refractivity contribution in [2.45, 2.75) is 57.5 Å². The lowest BCUT2D eigenvalue weighted by atomic mass is 9.91. The molecule has 4 rings (SSSR count). The second-order valence-corrected chi connectivity index (χ2v) is 9.91. The van der Waals surface area contributed by atoms with Crippen molar-refractivity contribution in [3.63, 3.8) is 0 Å². The van der Waals surface area contributed by atoms with Crippen molar-refractivity contribution >= 4 is 16.6 Å². The summed E-state index contributed by atoms with van der Waals surface area (Å²) in [5, 5.41) is 22.9. The lowest BCUT2D eigenvalue weighted by Crippen LogP contribution is -2.35. The van der Waals surface area contributed by atoms with Crippen LogP contribution in [0.4, 0.5) is 18.9 Å². The third-order valence-corrected chi connectivity index (χ3v) is 6.61. The molecule has 0 atom stereocenters. The molecule has 0 unspecified atom stereocenters. The van der Waals surface area contributed by atoms with Crippen molar-refractivity contribution < 1.29 is 18.3 Å². The van der Waals surface area contributed by atoms with E-state index in [4.69, 9.17) is 0 Å². The molecule has 1 fully saturated rings. The maximum atomic E-state index is 13.4. The van der Waals surface area contributed by atoms with Crippen LogP contribution in [-0.4, -0.2) is 51.5 Å². The van der Waals surface area contributed by atoms with E-state index in [0.717, 1.165) is 24.0 Å². The van der Waals surface area contributed by atoms with E-state index in [1.165, 1.54) is 4.57 Å². The number of pyridine rings is 1. The minimum atomic E-state index is -4.38. The fourth-order valence-corrected chi connectivity index (χ4v) is 4.46. The number of aliphatic hydroxyl groups is 1. The van der Waals surface area contributed by atoms with E-state index in [9.17, 15) is 23.5 Å². The van der Waals surface area contributed by atoms with Crippen molar-refractivity contribution in [1.82, 2.24) is 14.5 Å². The summed E-state index contributed by atoms with van der Waals surface area (Å²) in [5.74, 6) is 5.85. The lowest BCUT2D eigenvalue weighted by molar-refractivity contribution is -0.140. The lowest BCUT2D eigenvalue weighted by Gasteiger charge is -2.29. The highest BCUT2D eigenvalue weighted by atomic mass is 19.4. The number of nitrogens with zero attached hydrogens (tertiary/aromatic N) is 4. The van der Waals surface area contributed by atoms with Crippen LogP contribution in [0, 0.1) is 23.2 Å². The number of nitriles is 1. The van der Waals surface area contributed by atoms with Gasteiger partial charge < -0.3 is 15.0 Å². The largest absolute Gasteiger partial charge is 0.406 e. The van der Waals surface area contributed by atoms with Gasteiger partial charge >= 0.3 is 6.18 Å². The Balaban J connectivity index is 1.54. The summed E-state index contributed by atoms with van der Waals surface area (Å²) in [6.45, 7) is 4.80. The average molecular weight is 510 g/mol. The minimum absolute atomic E-state index is 0.221. The van der Waals surface area contributed by atoms with Gasteiger partial charge in [0.15, 0.2) is 0 Å². The van der Waals surface area contributed by atoms with Gasteiger partial charge in [0.05, 0.1) is 47.4 Å². The Hall–Kier alpha value is -3.53. The second kappa shape index (κ2) is 10.8. The zero-order valence-electron chi connectivity index (χ0n) is 20.9. The Kier molecular flexibility index (Phi) is 7.77. The predicted octanol–water partition coefficient (Wildman–Crippen LogP) is 4.82. The van der Waals surface area contributed by atoms with Crippen LogP contribution in [0.15, 0.2) is 42.6 Å². The van der Waals surface area contributed by atoms with Gasteiger partial charge in [-0.05, 0) is 62.4 Å². The molecule has 37 heavy (non-hydrogen) atoms. The first kappa shape index (κ1) is 26.5. The van der Waals surface area contributed by atoms with E-state index < -0.39 is 18.1 Å². The predicted molar refractivity (Wildman–Crippen MR) is 137 cm³/mol. The van der Waals surface area contributed by atoms with Gasteiger partial charge in [0.2, 0.25) is 0 Å². The maximum Gasteiger partial charge on any atom is 0.406 e. The topological polar surface area (TPSA) is 77.1 Å². The Bertz CT molecular complexity index is 1330. The number of hydrogen-bond acceptors (Lipinski definition) is 5. The van der Waals surface area contributed by atoms with Crippen LogP contribution in [-0.2, 0) is 18.5 Å². The molecule has 0 bridgehead atoms. The van der Waals surface area contributed by atoms with Gasteiger partial charge in [-0.15, -0.1) is 0 Å². The standard InChI is InChI=1S/C28H30F3N5O/c1-27(2,18-32)26-9-8-21(16-34-26)33-12-4-6-22-15-24-20(17-35-13-10-23(37)11-14-35)5-3-7-25(24)36(22)19-28(29,30)31/h3,5,7-9,15-16,23,33,37H,10-14,17,19H2,1-2H3. The molecule has 1 aliphatic heterocycles. The third-order valence-electron chi connectivity index (χ3n) is 6.61. The summed E-state index contributed by atoms with van der Waals surface area (Å²) >= 11 is 0. The third kappa shape index (κ3) is 6.62. The molecule has 0 saturated carbocycles. The number of likely N-dealkylation sites (tertiary alicyclic amines) is 1. The normalized spacial score (nSPS) is 15.3. The zero-order valence-corrected chi connectivity index (χ0v) is 20.9. The van der Waals surface area contributed by atoms with Crippen molar-refractivity contribution in [3.05, 3.63) is 59.5 Å². The molecule has 194 valence electrons. The molecule has 3 heterocycles. The van der Waals surface area contributed by atoms with E-state index in [0.29, 0.717) is 42.0 Å². The van der Waals surface area contributed by atoms with Gasteiger partial charge in [-0.2, -0.15) is 18.4 Å². The van der Waals surface area contributed by atoms with Crippen molar-refractivity contribution in [2.75, 3.05) is 25.0 Å². The number of piperidine rings is 1. The van der Waals surface area contributed by atoms with Gasteiger partial charge in [-0.25, -0.2) is 0 Å². The molecule has 1 saturated heterocycles. The molecular weight excluding hydrogens is 479 g/mol. The molecule has 9 heteroatoms. The van der Waals surface area contributed by atoms with Crippen LogP contribution >= 0.6 is 0 Å². The Morgan fingerprint density at radius 2 is 1.92 bits per heavy atom. The summed E-state index contributed by atoms with van der Waals surface area (Å²) < 4.78 is 41.6. The van der Waals surface area contributed by atoms with Crippen molar-refractivity contribution in [3.8, 4) is 17.9 Å². The molecular formula is C28H30F3N5O. The quantitative estimate of drug-likeness (QED) is 0.466. The minimum Gasteiger partial charge on any atom is -0.393 e. The second-order valence-electron chi connectivity index (χ2n) is 9.91. The van der Waals surface area contributed by atoms with Crippen LogP contribution in [0.1, 0.15) is 43.6 Å². The van der Waals surface area contributed by atoms with E-state index in [1.807, 2.05) is 6.07 Å². The number of nitrogens with one attached hydrogen (secondary N) is 1. The number of fused-ring (bicyclic) bond motifs is 1. The van der Waals surface area contributed by atoms with E-state index in [-0.39, 0.29) is 12.6 Å². The van der Waals surface area contributed by atoms with Gasteiger partial charge in [-0.1, -0.05) is 18.1 Å². The first-order chi connectivity index (χ1) is 17.6. The molecule has 3 aromatic rings. The first-order valence-electron chi connectivity index (χ1n) is 12.2. The van der Waals surface area contributed by atoms with Gasteiger partial charge in [0.1, 0.15) is 6.54 Å². The fourth-order valence-electron chi connectivity index (χ4n) is 4.46. The highest BCUT2D eigenvalue weighted by Gasteiger charge is 2.30. The van der Waals surface area contributed by atoms with E-state index in [2.05, 4.69) is 33.1 Å². The van der Waals surface area contributed by atoms with Crippen LogP contribution in [0.5, 0.6) is 0 Å². The molecule has 2 aromatic heterocycles.